The highest BCUT2D eigenvalue weighted by Gasteiger charge is 2.10. The van der Waals surface area contributed by atoms with E-state index >= 15 is 0 Å². The quantitative estimate of drug-likeness (QED) is 0.772. The number of fused-ring (bicyclic) bond motifs is 1. The highest BCUT2D eigenvalue weighted by atomic mass is 16.1. The number of carbonyl (C=O) groups excluding carboxylic acids is 1. The summed E-state index contributed by atoms with van der Waals surface area (Å²) >= 11 is 0. The first-order valence-corrected chi connectivity index (χ1v) is 6.32. The highest BCUT2D eigenvalue weighted by molar-refractivity contribution is 6.08. The van der Waals surface area contributed by atoms with Gasteiger partial charge in [-0.1, -0.05) is 12.1 Å². The topological polar surface area (TPSA) is 54.9 Å². The Kier molecular flexibility index (Phi) is 3.13. The van der Waals surface area contributed by atoms with Gasteiger partial charge < -0.3 is 5.32 Å². The van der Waals surface area contributed by atoms with E-state index in [1.165, 1.54) is 0 Å². The number of aryl methyl sites for hydroxylation is 1. The lowest BCUT2D eigenvalue weighted by atomic mass is 10.1. The minimum atomic E-state index is -0.223. The van der Waals surface area contributed by atoms with Gasteiger partial charge in [0.15, 0.2) is 0 Å². The molecule has 0 bridgehead atoms. The Labute approximate surface area is 116 Å². The number of anilines is 1. The smallest absolute Gasteiger partial charge is 0.274 e. The second kappa shape index (κ2) is 5.09. The van der Waals surface area contributed by atoms with Crippen molar-refractivity contribution in [3.05, 3.63) is 66.1 Å². The normalized spacial score (nSPS) is 10.4. The summed E-state index contributed by atoms with van der Waals surface area (Å²) in [6.07, 6.45) is 3.35. The largest absolute Gasteiger partial charge is 0.320 e. The van der Waals surface area contributed by atoms with Gasteiger partial charge in [0.25, 0.3) is 5.91 Å². The van der Waals surface area contributed by atoms with Gasteiger partial charge in [-0.2, -0.15) is 0 Å². The van der Waals surface area contributed by atoms with Gasteiger partial charge in [0.2, 0.25) is 0 Å². The van der Waals surface area contributed by atoms with Crippen molar-refractivity contribution in [3.63, 3.8) is 0 Å². The van der Waals surface area contributed by atoms with Crippen molar-refractivity contribution in [2.75, 3.05) is 5.32 Å². The third-order valence-electron chi connectivity index (χ3n) is 3.12. The Bertz CT molecular complexity index is 769. The Morgan fingerprint density at radius 1 is 1.00 bits per heavy atom. The van der Waals surface area contributed by atoms with E-state index in [0.717, 1.165) is 22.2 Å². The lowest BCUT2D eigenvalue weighted by Gasteiger charge is -2.09. The number of nitrogens with one attached hydrogen (secondary N) is 1. The predicted molar refractivity (Wildman–Crippen MR) is 78.7 cm³/mol. The summed E-state index contributed by atoms with van der Waals surface area (Å²) in [5.74, 6) is -0.223. The van der Waals surface area contributed by atoms with Crippen molar-refractivity contribution in [2.24, 2.45) is 0 Å². The minimum absolute atomic E-state index is 0.223. The number of nitrogens with zero attached hydrogens (tertiary/aromatic N) is 2. The second-order valence-corrected chi connectivity index (χ2v) is 4.50. The number of hydrogen-bond acceptors (Lipinski definition) is 3. The van der Waals surface area contributed by atoms with Crippen molar-refractivity contribution in [1.82, 2.24) is 9.97 Å². The first-order valence-electron chi connectivity index (χ1n) is 6.32. The monoisotopic (exact) mass is 263 g/mol. The Morgan fingerprint density at radius 2 is 1.85 bits per heavy atom. The van der Waals surface area contributed by atoms with E-state index < -0.39 is 0 Å². The molecule has 0 fully saturated rings. The molecule has 0 aliphatic heterocycles. The molecule has 3 rings (SSSR count). The minimum Gasteiger partial charge on any atom is -0.320 e. The summed E-state index contributed by atoms with van der Waals surface area (Å²) < 4.78 is 0. The van der Waals surface area contributed by atoms with Crippen LogP contribution in [0.25, 0.3) is 10.9 Å². The summed E-state index contributed by atoms with van der Waals surface area (Å²) in [6.45, 7) is 2.00. The Balaban J connectivity index is 2.00. The summed E-state index contributed by atoms with van der Waals surface area (Å²) in [6, 6.07) is 12.9. The van der Waals surface area contributed by atoms with Gasteiger partial charge in [0, 0.05) is 17.8 Å². The lowest BCUT2D eigenvalue weighted by molar-refractivity contribution is 0.102. The van der Waals surface area contributed by atoms with Crippen LogP contribution in [0.2, 0.25) is 0 Å². The number of hydrogen-bond donors (Lipinski definition) is 1. The fourth-order valence-corrected chi connectivity index (χ4v) is 2.11. The standard InChI is InChI=1S/C16H13N3O/c1-11-7-8-13(12-5-4-10-18-15(11)12)19-16(20)14-6-2-3-9-17-14/h2-10H,1H3,(H,19,20). The predicted octanol–water partition coefficient (Wildman–Crippen LogP) is 3.19. The van der Waals surface area contributed by atoms with Crippen molar-refractivity contribution in [2.45, 2.75) is 6.92 Å². The lowest BCUT2D eigenvalue weighted by Crippen LogP contribution is -2.13. The molecule has 1 aromatic carbocycles. The molecule has 0 unspecified atom stereocenters. The fourth-order valence-electron chi connectivity index (χ4n) is 2.11. The average molecular weight is 263 g/mol. The number of benzene rings is 1. The summed E-state index contributed by atoms with van der Waals surface area (Å²) in [5.41, 5.74) is 3.11. The molecule has 0 saturated carbocycles. The molecule has 4 nitrogen and oxygen atoms in total. The molecule has 0 aliphatic rings. The molecule has 0 radical (unpaired) electrons. The summed E-state index contributed by atoms with van der Waals surface area (Å²) in [4.78, 5) is 20.5. The van der Waals surface area contributed by atoms with Crippen LogP contribution < -0.4 is 5.32 Å². The molecule has 98 valence electrons. The molecule has 2 heterocycles. The molecule has 4 heteroatoms. The van der Waals surface area contributed by atoms with Crippen LogP contribution in [-0.2, 0) is 0 Å². The van der Waals surface area contributed by atoms with E-state index in [4.69, 9.17) is 0 Å². The van der Waals surface area contributed by atoms with E-state index in [1.54, 1.807) is 30.6 Å². The van der Waals surface area contributed by atoms with Crippen molar-refractivity contribution < 1.29 is 4.79 Å². The number of carbonyl (C=O) groups is 1. The first-order chi connectivity index (χ1) is 9.75. The number of aromatic nitrogens is 2. The maximum atomic E-state index is 12.1. The van der Waals surface area contributed by atoms with E-state index in [9.17, 15) is 4.79 Å². The summed E-state index contributed by atoms with van der Waals surface area (Å²) in [5, 5.41) is 3.81. The molecule has 20 heavy (non-hydrogen) atoms. The SMILES string of the molecule is Cc1ccc(NC(=O)c2ccccn2)c2cccnc12. The van der Waals surface area contributed by atoms with Crippen LogP contribution in [0.4, 0.5) is 5.69 Å². The van der Waals surface area contributed by atoms with Crippen LogP contribution in [0.3, 0.4) is 0 Å². The number of amides is 1. The van der Waals surface area contributed by atoms with Crippen molar-refractivity contribution >= 4 is 22.5 Å². The van der Waals surface area contributed by atoms with Gasteiger partial charge in [0.05, 0.1) is 11.2 Å². The molecule has 0 spiro atoms. The van der Waals surface area contributed by atoms with Gasteiger partial charge in [-0.25, -0.2) is 0 Å². The van der Waals surface area contributed by atoms with Gasteiger partial charge in [-0.15, -0.1) is 0 Å². The molecular formula is C16H13N3O. The molecule has 1 amide bonds. The number of rotatable bonds is 2. The molecule has 0 aliphatic carbocycles. The first kappa shape index (κ1) is 12.3. The van der Waals surface area contributed by atoms with Crippen molar-refractivity contribution in [3.8, 4) is 0 Å². The van der Waals surface area contributed by atoms with Crippen LogP contribution in [0.1, 0.15) is 16.1 Å². The molecule has 2 aromatic heterocycles. The fraction of sp³-hybridized carbons (Fsp3) is 0.0625. The third kappa shape index (κ3) is 2.23. The van der Waals surface area contributed by atoms with Crippen LogP contribution in [0.15, 0.2) is 54.9 Å². The van der Waals surface area contributed by atoms with E-state index in [2.05, 4.69) is 15.3 Å². The zero-order valence-electron chi connectivity index (χ0n) is 11.0. The maximum Gasteiger partial charge on any atom is 0.274 e. The highest BCUT2D eigenvalue weighted by Crippen LogP contribution is 2.24. The number of pyridine rings is 2. The van der Waals surface area contributed by atoms with Crippen LogP contribution in [-0.4, -0.2) is 15.9 Å². The zero-order valence-corrected chi connectivity index (χ0v) is 11.0. The van der Waals surface area contributed by atoms with Crippen molar-refractivity contribution in [1.29, 1.82) is 0 Å². The second-order valence-electron chi connectivity index (χ2n) is 4.50. The Morgan fingerprint density at radius 3 is 2.65 bits per heavy atom. The molecule has 1 N–H and O–H groups in total. The Hall–Kier alpha value is -2.75. The van der Waals surface area contributed by atoms with Gasteiger partial charge in [0.1, 0.15) is 5.69 Å². The molecular weight excluding hydrogens is 250 g/mol. The van der Waals surface area contributed by atoms with Gasteiger partial charge >= 0.3 is 0 Å². The van der Waals surface area contributed by atoms with E-state index in [1.807, 2.05) is 31.2 Å². The average Bonchev–Trinajstić information content (AvgIpc) is 2.51. The molecule has 0 saturated heterocycles. The van der Waals surface area contributed by atoms with E-state index in [0.29, 0.717) is 5.69 Å². The van der Waals surface area contributed by atoms with Crippen LogP contribution in [0.5, 0.6) is 0 Å². The maximum absolute atomic E-state index is 12.1. The molecule has 3 aromatic rings. The summed E-state index contributed by atoms with van der Waals surface area (Å²) in [7, 11) is 0. The van der Waals surface area contributed by atoms with Gasteiger partial charge in [-0.05, 0) is 42.8 Å². The van der Waals surface area contributed by atoms with Crippen LogP contribution >= 0.6 is 0 Å². The van der Waals surface area contributed by atoms with Crippen LogP contribution in [0, 0.1) is 6.92 Å². The van der Waals surface area contributed by atoms with E-state index in [-0.39, 0.29) is 5.91 Å². The third-order valence-corrected chi connectivity index (χ3v) is 3.12. The zero-order chi connectivity index (χ0) is 13.9. The molecule has 0 atom stereocenters. The van der Waals surface area contributed by atoms with Gasteiger partial charge in [-0.3, -0.25) is 14.8 Å².